The van der Waals surface area contributed by atoms with E-state index in [2.05, 4.69) is 44.0 Å². The van der Waals surface area contributed by atoms with Crippen LogP contribution in [0.25, 0.3) is 11.1 Å². The van der Waals surface area contributed by atoms with Crippen LogP contribution >= 0.6 is 0 Å². The molecule has 1 aromatic heterocycles. The fourth-order valence-electron chi connectivity index (χ4n) is 1.94. The van der Waals surface area contributed by atoms with Gasteiger partial charge in [0, 0.05) is 17.1 Å². The van der Waals surface area contributed by atoms with Gasteiger partial charge < -0.3 is 5.73 Å². The van der Waals surface area contributed by atoms with Gasteiger partial charge in [0.25, 0.3) is 0 Å². The Morgan fingerprint density at radius 3 is 2.35 bits per heavy atom. The standard InChI is InChI=1S/C15H18N2/c1-4-14-9-15(10(2)11(3)17-14)12-5-7-13(16)8-6-12/h5-9H,4,16H2,1-3H3. The number of nitrogens with zero attached hydrogens (tertiary/aromatic N) is 1. The SMILES string of the molecule is CCc1cc(-c2ccc(N)cc2)c(C)c(C)n1. The summed E-state index contributed by atoms with van der Waals surface area (Å²) in [5.41, 5.74) is 12.5. The van der Waals surface area contributed by atoms with Crippen molar-refractivity contribution in [1.29, 1.82) is 0 Å². The summed E-state index contributed by atoms with van der Waals surface area (Å²) in [5, 5.41) is 0. The fourth-order valence-corrected chi connectivity index (χ4v) is 1.94. The molecule has 1 aromatic carbocycles. The van der Waals surface area contributed by atoms with Gasteiger partial charge in [0.05, 0.1) is 0 Å². The molecule has 0 aliphatic rings. The largest absolute Gasteiger partial charge is 0.399 e. The van der Waals surface area contributed by atoms with Crippen molar-refractivity contribution in [2.45, 2.75) is 27.2 Å². The highest BCUT2D eigenvalue weighted by Crippen LogP contribution is 2.26. The van der Waals surface area contributed by atoms with Crippen LogP contribution in [0.3, 0.4) is 0 Å². The summed E-state index contributed by atoms with van der Waals surface area (Å²) >= 11 is 0. The van der Waals surface area contributed by atoms with Gasteiger partial charge in [-0.15, -0.1) is 0 Å². The second kappa shape index (κ2) is 4.58. The molecule has 2 rings (SSSR count). The maximum Gasteiger partial charge on any atom is 0.0411 e. The van der Waals surface area contributed by atoms with E-state index in [4.69, 9.17) is 5.73 Å². The molecule has 2 N–H and O–H groups in total. The minimum Gasteiger partial charge on any atom is -0.399 e. The third-order valence-electron chi connectivity index (χ3n) is 3.15. The van der Waals surface area contributed by atoms with Gasteiger partial charge in [0.1, 0.15) is 0 Å². The maximum atomic E-state index is 5.72. The van der Waals surface area contributed by atoms with Crippen molar-refractivity contribution in [3.05, 3.63) is 47.3 Å². The van der Waals surface area contributed by atoms with E-state index in [0.717, 1.165) is 23.5 Å². The Morgan fingerprint density at radius 2 is 1.76 bits per heavy atom. The van der Waals surface area contributed by atoms with Gasteiger partial charge in [-0.3, -0.25) is 4.98 Å². The van der Waals surface area contributed by atoms with Crippen molar-refractivity contribution in [2.24, 2.45) is 0 Å². The third kappa shape index (κ3) is 2.31. The lowest BCUT2D eigenvalue weighted by atomic mass is 9.98. The van der Waals surface area contributed by atoms with E-state index in [9.17, 15) is 0 Å². The van der Waals surface area contributed by atoms with E-state index in [-0.39, 0.29) is 0 Å². The minimum absolute atomic E-state index is 0.799. The van der Waals surface area contributed by atoms with E-state index in [1.54, 1.807) is 0 Å². The van der Waals surface area contributed by atoms with Crippen LogP contribution < -0.4 is 5.73 Å². The van der Waals surface area contributed by atoms with Gasteiger partial charge in [-0.25, -0.2) is 0 Å². The first kappa shape index (κ1) is 11.6. The Labute approximate surface area is 103 Å². The molecule has 0 atom stereocenters. The number of aryl methyl sites for hydroxylation is 2. The van der Waals surface area contributed by atoms with Crippen molar-refractivity contribution in [1.82, 2.24) is 4.98 Å². The topological polar surface area (TPSA) is 38.9 Å². The highest BCUT2D eigenvalue weighted by molar-refractivity contribution is 5.69. The Morgan fingerprint density at radius 1 is 1.12 bits per heavy atom. The molecule has 0 saturated carbocycles. The molecule has 0 radical (unpaired) electrons. The monoisotopic (exact) mass is 226 g/mol. The Hall–Kier alpha value is -1.83. The highest BCUT2D eigenvalue weighted by Gasteiger charge is 2.07. The number of aromatic nitrogens is 1. The summed E-state index contributed by atoms with van der Waals surface area (Å²) in [6.45, 7) is 6.31. The average Bonchev–Trinajstić information content (AvgIpc) is 2.34. The highest BCUT2D eigenvalue weighted by atomic mass is 14.7. The lowest BCUT2D eigenvalue weighted by Crippen LogP contribution is -1.97. The van der Waals surface area contributed by atoms with E-state index >= 15 is 0 Å². The molecule has 0 bridgehead atoms. The molecule has 1 heterocycles. The van der Waals surface area contributed by atoms with Crippen LogP contribution in [-0.2, 0) is 6.42 Å². The molecule has 0 aliphatic carbocycles. The first-order valence-corrected chi connectivity index (χ1v) is 5.95. The summed E-state index contributed by atoms with van der Waals surface area (Å²) in [7, 11) is 0. The van der Waals surface area contributed by atoms with Gasteiger partial charge in [-0.2, -0.15) is 0 Å². The number of rotatable bonds is 2. The third-order valence-corrected chi connectivity index (χ3v) is 3.15. The molecule has 0 amide bonds. The number of nitrogens with two attached hydrogens (primary N) is 1. The number of hydrogen-bond donors (Lipinski definition) is 1. The molecule has 0 fully saturated rings. The summed E-state index contributed by atoms with van der Waals surface area (Å²) in [4.78, 5) is 4.57. The second-order valence-electron chi connectivity index (χ2n) is 4.35. The van der Waals surface area contributed by atoms with Crippen LogP contribution in [0.2, 0.25) is 0 Å². The first-order chi connectivity index (χ1) is 8.11. The Bertz CT molecular complexity index is 527. The minimum atomic E-state index is 0.799. The molecule has 0 spiro atoms. The normalized spacial score (nSPS) is 10.5. The number of pyridine rings is 1. The van der Waals surface area contributed by atoms with Crippen LogP contribution in [0.15, 0.2) is 30.3 Å². The van der Waals surface area contributed by atoms with Crippen LogP contribution in [0, 0.1) is 13.8 Å². The molecule has 0 aliphatic heterocycles. The van der Waals surface area contributed by atoms with Gasteiger partial charge >= 0.3 is 0 Å². The second-order valence-corrected chi connectivity index (χ2v) is 4.35. The summed E-state index contributed by atoms with van der Waals surface area (Å²) in [6, 6.07) is 10.2. The number of nitrogen functional groups attached to an aromatic ring is 1. The van der Waals surface area contributed by atoms with Crippen LogP contribution in [0.5, 0.6) is 0 Å². The number of benzene rings is 1. The van der Waals surface area contributed by atoms with E-state index < -0.39 is 0 Å². The maximum absolute atomic E-state index is 5.72. The quantitative estimate of drug-likeness (QED) is 0.796. The first-order valence-electron chi connectivity index (χ1n) is 5.95. The Balaban J connectivity index is 2.57. The summed E-state index contributed by atoms with van der Waals surface area (Å²) < 4.78 is 0. The zero-order chi connectivity index (χ0) is 12.4. The average molecular weight is 226 g/mol. The molecule has 17 heavy (non-hydrogen) atoms. The van der Waals surface area contributed by atoms with E-state index in [1.807, 2.05) is 12.1 Å². The van der Waals surface area contributed by atoms with Crippen molar-refractivity contribution in [3.8, 4) is 11.1 Å². The van der Waals surface area contributed by atoms with Crippen LogP contribution in [0.1, 0.15) is 23.9 Å². The van der Waals surface area contributed by atoms with Crippen LogP contribution in [0.4, 0.5) is 5.69 Å². The van der Waals surface area contributed by atoms with Crippen molar-refractivity contribution >= 4 is 5.69 Å². The summed E-state index contributed by atoms with van der Waals surface area (Å²) in [5.74, 6) is 0. The molecule has 0 saturated heterocycles. The molecule has 2 aromatic rings. The van der Waals surface area contributed by atoms with Gasteiger partial charge in [0.15, 0.2) is 0 Å². The molecule has 88 valence electrons. The number of anilines is 1. The number of hydrogen-bond acceptors (Lipinski definition) is 2. The lowest BCUT2D eigenvalue weighted by molar-refractivity contribution is 0.994. The van der Waals surface area contributed by atoms with Crippen molar-refractivity contribution in [3.63, 3.8) is 0 Å². The van der Waals surface area contributed by atoms with Gasteiger partial charge in [-0.05, 0) is 55.2 Å². The summed E-state index contributed by atoms with van der Waals surface area (Å²) in [6.07, 6.45) is 0.961. The molecular weight excluding hydrogens is 208 g/mol. The predicted octanol–water partition coefficient (Wildman–Crippen LogP) is 3.51. The fraction of sp³-hybridized carbons (Fsp3) is 0.267. The Kier molecular flexibility index (Phi) is 3.14. The van der Waals surface area contributed by atoms with Crippen molar-refractivity contribution in [2.75, 3.05) is 5.73 Å². The molecule has 2 heteroatoms. The molecule has 0 unspecified atom stereocenters. The zero-order valence-corrected chi connectivity index (χ0v) is 10.6. The van der Waals surface area contributed by atoms with E-state index in [0.29, 0.717) is 0 Å². The van der Waals surface area contributed by atoms with Gasteiger partial charge in [0.2, 0.25) is 0 Å². The van der Waals surface area contributed by atoms with E-state index in [1.165, 1.54) is 16.7 Å². The zero-order valence-electron chi connectivity index (χ0n) is 10.6. The van der Waals surface area contributed by atoms with Gasteiger partial charge in [-0.1, -0.05) is 19.1 Å². The van der Waals surface area contributed by atoms with Crippen LogP contribution in [-0.4, -0.2) is 4.98 Å². The molecular formula is C15H18N2. The van der Waals surface area contributed by atoms with Crippen molar-refractivity contribution < 1.29 is 0 Å². The predicted molar refractivity (Wildman–Crippen MR) is 72.9 cm³/mol. The molecule has 2 nitrogen and oxygen atoms in total. The smallest absolute Gasteiger partial charge is 0.0411 e. The lowest BCUT2D eigenvalue weighted by Gasteiger charge is -2.11.